The number of benzene rings is 2. The Balaban J connectivity index is 1.34. The van der Waals surface area contributed by atoms with Gasteiger partial charge in [0.15, 0.2) is 0 Å². The molecule has 2 aromatic rings. The van der Waals surface area contributed by atoms with Crippen molar-refractivity contribution in [2.24, 2.45) is 16.1 Å². The lowest BCUT2D eigenvalue weighted by atomic mass is 9.69. The summed E-state index contributed by atoms with van der Waals surface area (Å²) >= 11 is 0. The van der Waals surface area contributed by atoms with Gasteiger partial charge in [-0.2, -0.15) is 0 Å². The summed E-state index contributed by atoms with van der Waals surface area (Å²) in [6.45, 7) is 7.59. The van der Waals surface area contributed by atoms with Crippen LogP contribution in [-0.2, 0) is 20.8 Å². The van der Waals surface area contributed by atoms with Crippen molar-refractivity contribution < 1.29 is 19.2 Å². The van der Waals surface area contributed by atoms with Crippen molar-refractivity contribution in [3.63, 3.8) is 0 Å². The van der Waals surface area contributed by atoms with Crippen LogP contribution in [0.25, 0.3) is 10.8 Å². The quantitative estimate of drug-likeness (QED) is 0.326. The number of hydrogen-bond acceptors (Lipinski definition) is 6. The second-order valence-electron chi connectivity index (χ2n) is 12.5. The van der Waals surface area contributed by atoms with Crippen molar-refractivity contribution >= 4 is 46.8 Å². The molecule has 2 fully saturated rings. The van der Waals surface area contributed by atoms with Gasteiger partial charge in [-0.3, -0.25) is 34.4 Å². The van der Waals surface area contributed by atoms with E-state index in [4.69, 9.17) is 10.7 Å². The van der Waals surface area contributed by atoms with Gasteiger partial charge in [0.05, 0.1) is 11.2 Å². The van der Waals surface area contributed by atoms with E-state index in [2.05, 4.69) is 19.2 Å². The zero-order chi connectivity index (χ0) is 30.1. The zero-order valence-corrected chi connectivity index (χ0v) is 24.8. The first-order valence-corrected chi connectivity index (χ1v) is 15.0. The summed E-state index contributed by atoms with van der Waals surface area (Å²) in [6.07, 6.45) is 10.1. The van der Waals surface area contributed by atoms with Gasteiger partial charge in [-0.05, 0) is 73.9 Å². The first-order chi connectivity index (χ1) is 20.1. The Hall–Kier alpha value is -4.01. The lowest BCUT2D eigenvalue weighted by Gasteiger charge is -2.44. The summed E-state index contributed by atoms with van der Waals surface area (Å²) < 4.78 is 0. The number of nitrogens with one attached hydrogen (secondary N) is 1. The van der Waals surface area contributed by atoms with Crippen LogP contribution in [-0.4, -0.2) is 59.9 Å². The molecule has 2 heterocycles. The maximum absolute atomic E-state index is 13.5. The summed E-state index contributed by atoms with van der Waals surface area (Å²) in [6, 6.07) is 8.69. The SMILES string of the molecule is CCCC(C(=O)NC=O)N1C(=O)c2cccc3c(CC(C=NC4(C)CCN(C(=O)C5(C)CCC5)CC4)=CN)ccc1c23. The summed E-state index contributed by atoms with van der Waals surface area (Å²) in [4.78, 5) is 58.7. The third-order valence-electron chi connectivity index (χ3n) is 9.45. The summed E-state index contributed by atoms with van der Waals surface area (Å²) in [7, 11) is 0. The molecule has 9 heteroatoms. The number of amides is 4. The molecule has 4 amide bonds. The van der Waals surface area contributed by atoms with Crippen molar-refractivity contribution in [3.05, 3.63) is 53.2 Å². The van der Waals surface area contributed by atoms with Crippen LogP contribution in [0.2, 0.25) is 0 Å². The number of allylic oxidation sites excluding steroid dienone is 1. The van der Waals surface area contributed by atoms with Crippen molar-refractivity contribution in [3.8, 4) is 0 Å². The van der Waals surface area contributed by atoms with Crippen molar-refractivity contribution in [1.29, 1.82) is 0 Å². The molecule has 1 atom stereocenters. The highest BCUT2D eigenvalue weighted by atomic mass is 16.2. The van der Waals surface area contributed by atoms with Crippen LogP contribution in [0.3, 0.4) is 0 Å². The van der Waals surface area contributed by atoms with Crippen LogP contribution in [0.1, 0.15) is 81.6 Å². The van der Waals surface area contributed by atoms with E-state index in [1.807, 2.05) is 42.3 Å². The predicted molar refractivity (Wildman–Crippen MR) is 164 cm³/mol. The average Bonchev–Trinajstić information content (AvgIpc) is 3.26. The molecule has 1 aliphatic carbocycles. The molecule has 2 aromatic carbocycles. The van der Waals surface area contributed by atoms with Gasteiger partial charge in [0, 0.05) is 42.1 Å². The molecule has 0 radical (unpaired) electrons. The molecule has 5 rings (SSSR count). The minimum absolute atomic E-state index is 0.174. The zero-order valence-electron chi connectivity index (χ0n) is 24.8. The lowest BCUT2D eigenvalue weighted by molar-refractivity contribution is -0.147. The Morgan fingerprint density at radius 1 is 1.12 bits per heavy atom. The fourth-order valence-corrected chi connectivity index (χ4v) is 6.56. The molecule has 0 bridgehead atoms. The number of nitrogens with zero attached hydrogens (tertiary/aromatic N) is 3. The molecule has 0 spiro atoms. The molecule has 9 nitrogen and oxygen atoms in total. The first kappa shape index (κ1) is 29.5. The smallest absolute Gasteiger partial charge is 0.259 e. The predicted octanol–water partition coefficient (Wildman–Crippen LogP) is 4.27. The van der Waals surface area contributed by atoms with E-state index in [0.29, 0.717) is 50.0 Å². The van der Waals surface area contributed by atoms with Crippen molar-refractivity contribution in [2.75, 3.05) is 18.0 Å². The maximum Gasteiger partial charge on any atom is 0.259 e. The Bertz CT molecular complexity index is 1470. The van der Waals surface area contributed by atoms with Gasteiger partial charge in [0.2, 0.25) is 18.2 Å². The second kappa shape index (κ2) is 11.7. The number of likely N-dealkylation sites (tertiary alicyclic amines) is 1. The summed E-state index contributed by atoms with van der Waals surface area (Å²) in [5.74, 6) is -0.444. The van der Waals surface area contributed by atoms with Crippen LogP contribution < -0.4 is 16.0 Å². The molecule has 3 aliphatic rings. The van der Waals surface area contributed by atoms with Gasteiger partial charge >= 0.3 is 0 Å². The van der Waals surface area contributed by atoms with Gasteiger partial charge in [-0.15, -0.1) is 0 Å². The molecule has 1 saturated carbocycles. The molecule has 3 N–H and O–H groups in total. The number of carbonyl (C=O) groups excluding carboxylic acids is 4. The van der Waals surface area contributed by atoms with Crippen LogP contribution in [0.5, 0.6) is 0 Å². The van der Waals surface area contributed by atoms with Crippen molar-refractivity contribution in [2.45, 2.75) is 83.7 Å². The van der Waals surface area contributed by atoms with E-state index >= 15 is 0 Å². The maximum atomic E-state index is 13.5. The number of carbonyl (C=O) groups is 4. The molecular weight excluding hydrogens is 530 g/mol. The van der Waals surface area contributed by atoms with Crippen LogP contribution in [0.4, 0.5) is 5.69 Å². The van der Waals surface area contributed by atoms with Crippen LogP contribution >= 0.6 is 0 Å². The van der Waals surface area contributed by atoms with Gasteiger partial charge < -0.3 is 10.6 Å². The molecule has 42 heavy (non-hydrogen) atoms. The Morgan fingerprint density at radius 2 is 1.86 bits per heavy atom. The Morgan fingerprint density at radius 3 is 2.48 bits per heavy atom. The Kier molecular flexibility index (Phi) is 8.21. The minimum atomic E-state index is -0.778. The minimum Gasteiger partial charge on any atom is -0.404 e. The number of nitrogens with two attached hydrogens (primary N) is 1. The van der Waals surface area contributed by atoms with E-state index in [-0.39, 0.29) is 22.8 Å². The van der Waals surface area contributed by atoms with Crippen molar-refractivity contribution in [1.82, 2.24) is 10.2 Å². The molecule has 222 valence electrons. The highest BCUT2D eigenvalue weighted by Crippen LogP contribution is 2.43. The third kappa shape index (κ3) is 5.32. The van der Waals surface area contributed by atoms with E-state index in [9.17, 15) is 19.2 Å². The van der Waals surface area contributed by atoms with E-state index in [0.717, 1.165) is 54.0 Å². The third-order valence-corrected chi connectivity index (χ3v) is 9.45. The number of aliphatic imine (C=N–C) groups is 1. The largest absolute Gasteiger partial charge is 0.404 e. The molecular formula is C33H41N5O4. The number of rotatable bonds is 10. The number of anilines is 1. The van der Waals surface area contributed by atoms with E-state index < -0.39 is 11.9 Å². The Labute approximate surface area is 247 Å². The molecule has 0 aromatic heterocycles. The van der Waals surface area contributed by atoms with Gasteiger partial charge in [-0.25, -0.2) is 0 Å². The fraction of sp³-hybridized carbons (Fsp3) is 0.485. The van der Waals surface area contributed by atoms with Gasteiger partial charge in [0.1, 0.15) is 6.04 Å². The van der Waals surface area contributed by atoms with Gasteiger partial charge in [-0.1, -0.05) is 44.9 Å². The molecule has 2 aliphatic heterocycles. The fourth-order valence-electron chi connectivity index (χ4n) is 6.56. The number of piperidine rings is 1. The highest BCUT2D eigenvalue weighted by Gasteiger charge is 2.43. The van der Waals surface area contributed by atoms with Crippen LogP contribution in [0.15, 0.2) is 47.1 Å². The average molecular weight is 572 g/mol. The topological polar surface area (TPSA) is 125 Å². The van der Waals surface area contributed by atoms with E-state index in [1.54, 1.807) is 12.3 Å². The molecule has 1 saturated heterocycles. The lowest BCUT2D eigenvalue weighted by Crippen LogP contribution is -2.51. The number of hydrogen-bond donors (Lipinski definition) is 2. The summed E-state index contributed by atoms with van der Waals surface area (Å²) in [5.41, 5.74) is 8.69. The number of imide groups is 1. The standard InChI is InChI=1S/C33H41N5O4/c1-4-7-27(29(40)35-21-39)38-26-11-10-23(24-8-5-9-25(28(24)26)30(38)41)18-22(19-34)20-36-33(3)14-16-37(17-15-33)31(42)32(2)12-6-13-32/h5,8-11,19-21,27H,4,6-7,12-18,34H2,1-3H3,(H,35,39,40). The van der Waals surface area contributed by atoms with Gasteiger partial charge in [0.25, 0.3) is 5.91 Å². The van der Waals surface area contributed by atoms with E-state index in [1.165, 1.54) is 4.90 Å². The second-order valence-corrected chi connectivity index (χ2v) is 12.5. The molecule has 1 unspecified atom stereocenters. The van der Waals surface area contributed by atoms with Crippen LogP contribution in [0, 0.1) is 5.41 Å². The monoisotopic (exact) mass is 571 g/mol. The highest BCUT2D eigenvalue weighted by molar-refractivity contribution is 6.27. The normalized spacial score (nSPS) is 20.1. The first-order valence-electron chi connectivity index (χ1n) is 15.0. The summed E-state index contributed by atoms with van der Waals surface area (Å²) in [5, 5.41) is 3.95.